The number of aryl methyl sites for hydroxylation is 2. The van der Waals surface area contributed by atoms with E-state index in [-0.39, 0.29) is 37.9 Å². The number of hydrogen-bond acceptors (Lipinski definition) is 6. The van der Waals surface area contributed by atoms with Crippen LogP contribution in [0.4, 0.5) is 0 Å². The van der Waals surface area contributed by atoms with Gasteiger partial charge in [0.2, 0.25) is 0 Å². The van der Waals surface area contributed by atoms with Gasteiger partial charge in [-0.2, -0.15) is 0 Å². The Morgan fingerprint density at radius 1 is 0.593 bits per heavy atom. The molecule has 0 spiro atoms. The molecule has 8 nitrogen and oxygen atoms in total. The molecule has 0 saturated heterocycles. The Labute approximate surface area is 328 Å². The summed E-state index contributed by atoms with van der Waals surface area (Å²) in [5.74, 6) is 1.82. The van der Waals surface area contributed by atoms with E-state index in [9.17, 15) is 9.59 Å². The molecule has 0 atom stereocenters. The van der Waals surface area contributed by atoms with Gasteiger partial charge in [0.15, 0.2) is 0 Å². The maximum Gasteiger partial charge on any atom is 1.00 e. The van der Waals surface area contributed by atoms with Gasteiger partial charge in [-0.1, -0.05) is 24.3 Å². The van der Waals surface area contributed by atoms with Gasteiger partial charge >= 0.3 is 18.9 Å². The number of carbonyl (C=O) groups is 2. The van der Waals surface area contributed by atoms with Crippen molar-refractivity contribution in [3.63, 3.8) is 0 Å². The normalized spacial score (nSPS) is 11.7. The average molecular weight is 715 g/mol. The van der Waals surface area contributed by atoms with E-state index < -0.39 is 10.8 Å². The molecule has 0 bridgehead atoms. The molecule has 8 aromatic rings. The third-order valence-electron chi connectivity index (χ3n) is 11.0. The van der Waals surface area contributed by atoms with Crippen molar-refractivity contribution in [3.8, 4) is 11.5 Å². The van der Waals surface area contributed by atoms with Crippen molar-refractivity contribution in [2.75, 3.05) is 14.2 Å². The molecule has 54 heavy (non-hydrogen) atoms. The van der Waals surface area contributed by atoms with Gasteiger partial charge in [0.05, 0.1) is 59.9 Å². The molecule has 0 fully saturated rings. The Morgan fingerprint density at radius 3 is 1.30 bits per heavy atom. The van der Waals surface area contributed by atoms with Crippen LogP contribution in [-0.2, 0) is 20.4 Å². The first-order valence-corrected chi connectivity index (χ1v) is 17.5. The van der Waals surface area contributed by atoms with Gasteiger partial charge < -0.3 is 16.9 Å². The van der Waals surface area contributed by atoms with Crippen LogP contribution in [0.15, 0.2) is 85.2 Å². The fraction of sp³-hybridized carbons (Fsp3) is 0.267. The summed E-state index contributed by atoms with van der Waals surface area (Å²) in [6, 6.07) is 24.7. The summed E-state index contributed by atoms with van der Waals surface area (Å²) in [6.45, 7) is 15.3. The van der Waals surface area contributed by atoms with Crippen LogP contribution in [0, 0.1) is 21.3 Å². The summed E-state index contributed by atoms with van der Waals surface area (Å²) in [6.07, 6.45) is 3.66. The maximum atomic E-state index is 12.3. The Hall–Kier alpha value is -5.16. The molecule has 4 heterocycles. The fourth-order valence-corrected chi connectivity index (χ4v) is 7.30. The van der Waals surface area contributed by atoms with E-state index in [1.54, 1.807) is 28.1 Å². The van der Waals surface area contributed by atoms with Crippen molar-refractivity contribution in [3.05, 3.63) is 115 Å². The fourth-order valence-electron chi connectivity index (χ4n) is 7.30. The van der Waals surface area contributed by atoms with Crippen molar-refractivity contribution in [1.82, 2.24) is 18.8 Å². The summed E-state index contributed by atoms with van der Waals surface area (Å²) in [7, 11) is 3.33. The quantitative estimate of drug-likeness (QED) is 0.104. The van der Waals surface area contributed by atoms with Crippen LogP contribution in [-0.4, -0.2) is 44.6 Å². The number of ketones is 2. The molecule has 0 aliphatic rings. The summed E-state index contributed by atoms with van der Waals surface area (Å²) < 4.78 is 15.1. The third-order valence-corrected chi connectivity index (χ3v) is 11.0. The molecule has 8 rings (SSSR count). The zero-order chi connectivity index (χ0) is 37.3. The second kappa shape index (κ2) is 14.6. The molecule has 0 amide bonds. The minimum atomic E-state index is -0.622. The molecule has 0 aliphatic carbocycles. The Morgan fingerprint density at radius 2 is 0.963 bits per heavy atom. The predicted molar refractivity (Wildman–Crippen MR) is 217 cm³/mol. The summed E-state index contributed by atoms with van der Waals surface area (Å²) in [5.41, 5.74) is 6.78. The second-order valence-corrected chi connectivity index (χ2v) is 14.7. The van der Waals surface area contributed by atoms with E-state index in [4.69, 9.17) is 19.4 Å². The standard InChI is InChI=1S/2C22H22N2O2.CH3.Li/c2*1-13-7-6-8-18-20(13)16-10-9-15(26-5)11-17(16)21-23-12-19(24(18)21)22(3,4)14(2)25;;/h2*6-12H,1-5H3;1H3;/q;;-1;+1. The first-order chi connectivity index (χ1) is 24.7. The number of rotatable bonds is 6. The number of benzene rings is 4. The van der Waals surface area contributed by atoms with E-state index in [0.717, 1.165) is 66.8 Å². The van der Waals surface area contributed by atoms with Crippen molar-refractivity contribution < 1.29 is 37.9 Å². The smallest absolute Gasteiger partial charge is 0.497 e. The molecule has 0 radical (unpaired) electrons. The van der Waals surface area contributed by atoms with Crippen LogP contribution >= 0.6 is 0 Å². The molecular weight excluding hydrogens is 667 g/mol. The van der Waals surface area contributed by atoms with Gasteiger partial charge in [-0.15, -0.1) is 0 Å². The van der Waals surface area contributed by atoms with Gasteiger partial charge in [0, 0.05) is 21.5 Å². The van der Waals surface area contributed by atoms with Gasteiger partial charge in [-0.25, -0.2) is 9.97 Å². The number of pyridine rings is 2. The number of aromatic nitrogens is 4. The first-order valence-electron chi connectivity index (χ1n) is 17.5. The van der Waals surface area contributed by atoms with Gasteiger partial charge in [-0.05, 0) is 126 Å². The number of ether oxygens (including phenoxy) is 2. The molecule has 272 valence electrons. The van der Waals surface area contributed by atoms with Crippen LogP contribution in [0.1, 0.15) is 64.1 Å². The molecule has 4 aromatic carbocycles. The number of hydrogen-bond donors (Lipinski definition) is 0. The van der Waals surface area contributed by atoms with Crippen LogP contribution < -0.4 is 28.3 Å². The number of methoxy groups -OCH3 is 2. The molecule has 0 N–H and O–H groups in total. The van der Waals surface area contributed by atoms with Crippen LogP contribution in [0.5, 0.6) is 11.5 Å². The number of nitrogens with zero attached hydrogens (tertiary/aromatic N) is 4. The van der Waals surface area contributed by atoms with Crippen molar-refractivity contribution in [2.24, 2.45) is 0 Å². The van der Waals surface area contributed by atoms with E-state index in [1.165, 1.54) is 21.9 Å². The number of carbonyl (C=O) groups excluding carboxylic acids is 2. The number of imidazole rings is 2. The van der Waals surface area contributed by atoms with Gasteiger partial charge in [0.1, 0.15) is 34.4 Å². The van der Waals surface area contributed by atoms with Crippen molar-refractivity contribution in [2.45, 2.75) is 66.2 Å². The van der Waals surface area contributed by atoms with Crippen LogP contribution in [0.2, 0.25) is 0 Å². The molecular formula is C45H47LiN4O4. The molecule has 0 saturated carbocycles. The van der Waals surface area contributed by atoms with Gasteiger partial charge in [0.25, 0.3) is 0 Å². The Kier molecular flexibility index (Phi) is 10.8. The summed E-state index contributed by atoms with van der Waals surface area (Å²) in [5, 5.41) is 6.69. The van der Waals surface area contributed by atoms with E-state index in [1.807, 2.05) is 64.4 Å². The van der Waals surface area contributed by atoms with Crippen LogP contribution in [0.25, 0.3) is 54.6 Å². The monoisotopic (exact) mass is 714 g/mol. The molecule has 0 unspecified atom stereocenters. The Balaban J connectivity index is 0.000000200. The Bertz CT molecular complexity index is 2570. The zero-order valence-electron chi connectivity index (χ0n) is 33.5. The second-order valence-electron chi connectivity index (χ2n) is 14.7. The minimum Gasteiger partial charge on any atom is -0.497 e. The number of fused-ring (bicyclic) bond motifs is 12. The first kappa shape index (κ1) is 40.0. The van der Waals surface area contributed by atoms with E-state index >= 15 is 0 Å². The maximum absolute atomic E-state index is 12.3. The molecule has 4 aromatic heterocycles. The largest absolute Gasteiger partial charge is 1.00 e. The average Bonchev–Trinajstić information content (AvgIpc) is 3.79. The molecule has 0 aliphatic heterocycles. The number of Topliss-reactive ketones (excluding diaryl/α,β-unsaturated/α-hetero) is 2. The van der Waals surface area contributed by atoms with Crippen molar-refractivity contribution >= 4 is 66.2 Å². The SMILES string of the molecule is COc1ccc2c(c1)c1ncc(C(C)(C)C(C)=O)n1c1cccc(C)c21.COc1ccc2c(c1)c1ncc(C(C)(C)C(C)=O)n1c1cccc(C)c21.[CH3-].[Li+]. The summed E-state index contributed by atoms with van der Waals surface area (Å²) >= 11 is 0. The van der Waals surface area contributed by atoms with Gasteiger partial charge in [-0.3, -0.25) is 18.4 Å². The van der Waals surface area contributed by atoms with Crippen molar-refractivity contribution in [1.29, 1.82) is 0 Å². The van der Waals surface area contributed by atoms with E-state index in [2.05, 4.69) is 71.2 Å². The van der Waals surface area contributed by atoms with Crippen LogP contribution in [0.3, 0.4) is 0 Å². The third kappa shape index (κ3) is 6.12. The summed E-state index contributed by atoms with van der Waals surface area (Å²) in [4.78, 5) is 34.0. The minimum absolute atomic E-state index is 0. The zero-order valence-corrected chi connectivity index (χ0v) is 33.5. The topological polar surface area (TPSA) is 87.2 Å². The van der Waals surface area contributed by atoms with E-state index in [0.29, 0.717) is 0 Å². The molecule has 9 heteroatoms. The predicted octanol–water partition coefficient (Wildman–Crippen LogP) is 7.10.